The summed E-state index contributed by atoms with van der Waals surface area (Å²) in [5.41, 5.74) is -6.01. The Kier molecular flexibility index (Phi) is 2.77. The molecular weight excluding hydrogens is 246 g/mol. The molecule has 0 amide bonds. The molecule has 0 aromatic carbocycles. The quantitative estimate of drug-likeness (QED) is 0.759. The van der Waals surface area contributed by atoms with Gasteiger partial charge in [-0.25, -0.2) is 0 Å². The van der Waals surface area contributed by atoms with Crippen molar-refractivity contribution in [3.05, 3.63) is 22.4 Å². The first-order chi connectivity index (χ1) is 6.61. The van der Waals surface area contributed by atoms with Crippen LogP contribution in [-0.4, -0.2) is 17.5 Å². The number of thiophene rings is 1. The highest BCUT2D eigenvalue weighted by Crippen LogP contribution is 2.50. The highest BCUT2D eigenvalue weighted by molar-refractivity contribution is 7.08. The van der Waals surface area contributed by atoms with E-state index < -0.39 is 23.5 Å². The highest BCUT2D eigenvalue weighted by atomic mass is 32.1. The first-order valence-corrected chi connectivity index (χ1v) is 4.43. The molecule has 0 aliphatic heterocycles. The van der Waals surface area contributed by atoms with Crippen LogP contribution in [0, 0.1) is 0 Å². The number of aliphatic hydroxyl groups is 1. The Labute approximate surface area is 84.0 Å². The molecule has 86 valence electrons. The number of hydrogen-bond acceptors (Lipinski definition) is 2. The highest BCUT2D eigenvalue weighted by Gasteiger charge is 2.71. The van der Waals surface area contributed by atoms with E-state index in [0.717, 1.165) is 5.38 Å². The zero-order valence-corrected chi connectivity index (χ0v) is 7.67. The fourth-order valence-corrected chi connectivity index (χ4v) is 1.66. The molecule has 0 aliphatic rings. The molecular formula is C7H4F6OS. The SMILES string of the molecule is OC(c1ccsc1)(C(F)(F)F)C(F)(F)F. The second-order valence-electron chi connectivity index (χ2n) is 2.72. The molecule has 8 heteroatoms. The summed E-state index contributed by atoms with van der Waals surface area (Å²) < 4.78 is 73.2. The molecule has 0 unspecified atom stereocenters. The van der Waals surface area contributed by atoms with Gasteiger partial charge in [0.1, 0.15) is 0 Å². The lowest BCUT2D eigenvalue weighted by atomic mass is 9.95. The number of hydrogen-bond donors (Lipinski definition) is 1. The van der Waals surface area contributed by atoms with Crippen LogP contribution in [-0.2, 0) is 5.60 Å². The van der Waals surface area contributed by atoms with Crippen molar-refractivity contribution in [1.82, 2.24) is 0 Å². The van der Waals surface area contributed by atoms with Gasteiger partial charge in [-0.2, -0.15) is 37.7 Å². The summed E-state index contributed by atoms with van der Waals surface area (Å²) in [6, 6.07) is 0.589. The van der Waals surface area contributed by atoms with Crippen LogP contribution in [0.4, 0.5) is 26.3 Å². The van der Waals surface area contributed by atoms with Crippen LogP contribution in [0.5, 0.6) is 0 Å². The summed E-state index contributed by atoms with van der Waals surface area (Å²) in [6.07, 6.45) is -11.6. The summed E-state index contributed by atoms with van der Waals surface area (Å²) in [7, 11) is 0. The Morgan fingerprint density at radius 3 is 1.73 bits per heavy atom. The van der Waals surface area contributed by atoms with Crippen molar-refractivity contribution < 1.29 is 31.4 Å². The van der Waals surface area contributed by atoms with Crippen molar-refractivity contribution in [2.45, 2.75) is 18.0 Å². The van der Waals surface area contributed by atoms with E-state index >= 15 is 0 Å². The van der Waals surface area contributed by atoms with Gasteiger partial charge in [0.05, 0.1) is 0 Å². The summed E-state index contributed by atoms with van der Waals surface area (Å²) in [6.45, 7) is 0. The molecule has 0 atom stereocenters. The molecule has 0 saturated carbocycles. The van der Waals surface area contributed by atoms with Crippen LogP contribution < -0.4 is 0 Å². The van der Waals surface area contributed by atoms with Crippen molar-refractivity contribution in [2.75, 3.05) is 0 Å². The zero-order chi connectivity index (χ0) is 11.9. The average Bonchev–Trinajstić information content (AvgIpc) is 2.49. The third-order valence-corrected chi connectivity index (χ3v) is 2.44. The lowest BCUT2D eigenvalue weighted by Crippen LogP contribution is -2.53. The van der Waals surface area contributed by atoms with Crippen molar-refractivity contribution in [1.29, 1.82) is 0 Å². The van der Waals surface area contributed by atoms with Crippen molar-refractivity contribution in [3.63, 3.8) is 0 Å². The van der Waals surface area contributed by atoms with Crippen molar-refractivity contribution in [2.24, 2.45) is 0 Å². The minimum Gasteiger partial charge on any atom is -0.369 e. The summed E-state index contributed by atoms with van der Waals surface area (Å²) in [5.74, 6) is 0. The molecule has 1 nitrogen and oxygen atoms in total. The van der Waals surface area contributed by atoms with E-state index in [9.17, 15) is 26.3 Å². The van der Waals surface area contributed by atoms with Crippen LogP contribution in [0.2, 0.25) is 0 Å². The number of halogens is 6. The van der Waals surface area contributed by atoms with Crippen molar-refractivity contribution >= 4 is 11.3 Å². The van der Waals surface area contributed by atoms with Gasteiger partial charge in [0.15, 0.2) is 0 Å². The average molecular weight is 250 g/mol. The van der Waals surface area contributed by atoms with E-state index in [2.05, 4.69) is 0 Å². The first-order valence-electron chi connectivity index (χ1n) is 3.49. The fraction of sp³-hybridized carbons (Fsp3) is 0.429. The second kappa shape index (κ2) is 3.38. The van der Waals surface area contributed by atoms with Crippen LogP contribution >= 0.6 is 11.3 Å². The van der Waals surface area contributed by atoms with E-state index in [-0.39, 0.29) is 0 Å². The Morgan fingerprint density at radius 1 is 1.00 bits per heavy atom. The van der Waals surface area contributed by atoms with Gasteiger partial charge in [-0.1, -0.05) is 0 Å². The van der Waals surface area contributed by atoms with Crippen LogP contribution in [0.15, 0.2) is 16.8 Å². The molecule has 1 rings (SSSR count). The molecule has 15 heavy (non-hydrogen) atoms. The lowest BCUT2D eigenvalue weighted by molar-refractivity contribution is -0.376. The molecule has 1 heterocycles. The molecule has 1 N–H and O–H groups in total. The Balaban J connectivity index is 3.33. The maximum atomic E-state index is 12.2. The molecule has 0 bridgehead atoms. The lowest BCUT2D eigenvalue weighted by Gasteiger charge is -2.31. The van der Waals surface area contributed by atoms with Crippen LogP contribution in [0.3, 0.4) is 0 Å². The van der Waals surface area contributed by atoms with Gasteiger partial charge in [-0.05, 0) is 16.8 Å². The van der Waals surface area contributed by atoms with E-state index in [4.69, 9.17) is 5.11 Å². The maximum absolute atomic E-state index is 12.2. The third-order valence-electron chi connectivity index (χ3n) is 1.76. The van der Waals surface area contributed by atoms with Crippen molar-refractivity contribution in [3.8, 4) is 0 Å². The normalized spacial score (nSPS) is 14.3. The molecule has 1 aromatic heterocycles. The van der Waals surface area contributed by atoms with Gasteiger partial charge in [-0.15, -0.1) is 0 Å². The number of alkyl halides is 6. The predicted octanol–water partition coefficient (Wildman–Crippen LogP) is 3.06. The Hall–Kier alpha value is -0.760. The predicted molar refractivity (Wildman–Crippen MR) is 40.3 cm³/mol. The van der Waals surface area contributed by atoms with E-state index in [1.165, 1.54) is 0 Å². The van der Waals surface area contributed by atoms with E-state index in [1.807, 2.05) is 0 Å². The summed E-state index contributed by atoms with van der Waals surface area (Å²) >= 11 is 0.639. The smallest absolute Gasteiger partial charge is 0.369 e. The molecule has 1 aromatic rings. The van der Waals surface area contributed by atoms with Gasteiger partial charge < -0.3 is 5.11 Å². The van der Waals surface area contributed by atoms with Gasteiger partial charge in [0.25, 0.3) is 5.60 Å². The number of rotatable bonds is 1. The molecule has 0 aliphatic carbocycles. The fourth-order valence-electron chi connectivity index (χ4n) is 0.958. The maximum Gasteiger partial charge on any atom is 0.430 e. The Bertz CT molecular complexity index is 310. The van der Waals surface area contributed by atoms with E-state index in [0.29, 0.717) is 22.8 Å². The van der Waals surface area contributed by atoms with Crippen LogP contribution in [0.25, 0.3) is 0 Å². The monoisotopic (exact) mass is 250 g/mol. The third kappa shape index (κ3) is 1.83. The minimum atomic E-state index is -5.80. The summed E-state index contributed by atoms with van der Waals surface area (Å²) in [5, 5.41) is 10.4. The largest absolute Gasteiger partial charge is 0.430 e. The van der Waals surface area contributed by atoms with Gasteiger partial charge in [0.2, 0.25) is 0 Å². The minimum absolute atomic E-state index is 0.589. The Morgan fingerprint density at radius 2 is 1.47 bits per heavy atom. The molecule has 0 radical (unpaired) electrons. The standard InChI is InChI=1S/C7H4F6OS/c8-6(9,10)5(14,7(11,12)13)4-1-2-15-3-4/h1-3,14H. The van der Waals surface area contributed by atoms with Gasteiger partial charge >= 0.3 is 12.4 Å². The van der Waals surface area contributed by atoms with Gasteiger partial charge in [0, 0.05) is 5.56 Å². The zero-order valence-electron chi connectivity index (χ0n) is 6.86. The van der Waals surface area contributed by atoms with Gasteiger partial charge in [-0.3, -0.25) is 0 Å². The molecule has 0 spiro atoms. The van der Waals surface area contributed by atoms with Crippen LogP contribution in [0.1, 0.15) is 5.56 Å². The van der Waals surface area contributed by atoms with E-state index in [1.54, 1.807) is 0 Å². The molecule has 0 fully saturated rings. The first kappa shape index (κ1) is 12.3. The second-order valence-corrected chi connectivity index (χ2v) is 3.50. The molecule has 0 saturated heterocycles. The summed E-state index contributed by atoms with van der Waals surface area (Å²) in [4.78, 5) is 0. The topological polar surface area (TPSA) is 20.2 Å².